The number of nitrogens with zero attached hydrogens (tertiary/aromatic N) is 1. The zero-order chi connectivity index (χ0) is 32.8. The Morgan fingerprint density at radius 2 is 1.00 bits per heavy atom. The summed E-state index contributed by atoms with van der Waals surface area (Å²) in [5.41, 5.74) is 18.2. The van der Waals surface area contributed by atoms with Gasteiger partial charge >= 0.3 is 0 Å². The van der Waals surface area contributed by atoms with E-state index >= 15 is 0 Å². The van der Waals surface area contributed by atoms with Gasteiger partial charge in [0.1, 0.15) is 0 Å². The largest absolute Gasteiger partial charge is 0.301 e. The van der Waals surface area contributed by atoms with E-state index in [2.05, 4.69) is 193 Å². The van der Waals surface area contributed by atoms with Crippen molar-refractivity contribution in [3.05, 3.63) is 210 Å². The van der Waals surface area contributed by atoms with Crippen LogP contribution in [0.4, 0.5) is 0 Å². The Morgan fingerprint density at radius 3 is 1.66 bits per heavy atom. The van der Waals surface area contributed by atoms with Crippen LogP contribution in [0.5, 0.6) is 0 Å². The predicted molar refractivity (Wildman–Crippen MR) is 206 cm³/mol. The van der Waals surface area contributed by atoms with Gasteiger partial charge in [-0.05, 0) is 86.0 Å². The Hall–Kier alpha value is -6.62. The molecule has 0 fully saturated rings. The first kappa shape index (κ1) is 27.3. The van der Waals surface area contributed by atoms with Gasteiger partial charge in [0, 0.05) is 21.9 Å². The Kier molecular flexibility index (Phi) is 5.57. The molecule has 8 aromatic carbocycles. The monoisotopic (exact) mass is 631 g/mol. The van der Waals surface area contributed by atoms with Crippen LogP contribution in [0.1, 0.15) is 22.3 Å². The van der Waals surface area contributed by atoms with Crippen molar-refractivity contribution in [2.75, 3.05) is 0 Å². The second-order valence-electron chi connectivity index (χ2n) is 13.5. The normalized spacial score (nSPS) is 13.2. The lowest BCUT2D eigenvalue weighted by atomic mass is 9.70. The first-order valence-electron chi connectivity index (χ1n) is 17.3. The lowest BCUT2D eigenvalue weighted by Gasteiger charge is -2.30. The van der Waals surface area contributed by atoms with Gasteiger partial charge in [-0.15, -0.1) is 0 Å². The van der Waals surface area contributed by atoms with Crippen molar-refractivity contribution in [1.29, 1.82) is 0 Å². The van der Waals surface area contributed by atoms with E-state index in [9.17, 15) is 0 Å². The maximum atomic E-state index is 3.61. The molecule has 1 aromatic heterocycles. The van der Waals surface area contributed by atoms with Gasteiger partial charge in [-0.1, -0.05) is 158 Å². The molecule has 2 aliphatic rings. The van der Waals surface area contributed by atoms with Crippen LogP contribution < -0.4 is 0 Å². The highest BCUT2D eigenvalue weighted by Crippen LogP contribution is 2.64. The number of fused-ring (bicyclic) bond motifs is 14. The Balaban J connectivity index is 1.27. The van der Waals surface area contributed by atoms with Crippen LogP contribution >= 0.6 is 0 Å². The molecule has 1 heterocycles. The standard InChI is InChI=1S/C49H29N/c1-3-13-32(14-4-1)34-23-26-36(27-24-34)50-46-30-25-35(33-15-5-2-6-16-33)31-41(46)39-28-29-45-47(48(39)50)40-19-9-12-22-44(40)49(45)42-20-10-7-17-37(42)38-18-8-11-21-43(38)49/h1-23,25-26,28-31H. The molecular formula is C49H29N. The molecule has 2 aliphatic carbocycles. The predicted octanol–water partition coefficient (Wildman–Crippen LogP) is 12.1. The molecule has 230 valence electrons. The van der Waals surface area contributed by atoms with Gasteiger partial charge in [0.15, 0.2) is 0 Å². The smallest absolute Gasteiger partial charge is 0.0974 e. The summed E-state index contributed by atoms with van der Waals surface area (Å²) >= 11 is 0. The quantitative estimate of drug-likeness (QED) is 0.183. The molecule has 0 saturated heterocycles. The molecule has 1 nitrogen and oxygen atoms in total. The third kappa shape index (κ3) is 3.52. The van der Waals surface area contributed by atoms with E-state index in [1.807, 2.05) is 0 Å². The van der Waals surface area contributed by atoms with Crippen molar-refractivity contribution in [3.8, 4) is 50.2 Å². The second-order valence-corrected chi connectivity index (χ2v) is 13.5. The van der Waals surface area contributed by atoms with Crippen molar-refractivity contribution < 1.29 is 0 Å². The van der Waals surface area contributed by atoms with Gasteiger partial charge in [-0.2, -0.15) is 0 Å². The summed E-state index contributed by atoms with van der Waals surface area (Å²) in [6.07, 6.45) is 0. The summed E-state index contributed by atoms with van der Waals surface area (Å²) in [5, 5.41) is 2.47. The van der Waals surface area contributed by atoms with Gasteiger partial charge in [-0.25, -0.2) is 0 Å². The number of rotatable bonds is 3. The first-order chi connectivity index (χ1) is 24.8. The lowest BCUT2D eigenvalue weighted by Crippen LogP contribution is -2.25. The summed E-state index contributed by atoms with van der Waals surface area (Å²) < 4.78 is 2.44. The van der Waals surface area contributed by atoms with E-state index in [0.717, 1.165) is 22.3 Å². The highest BCUT2D eigenvalue weighted by atomic mass is 15.0. The second kappa shape index (κ2) is 10.2. The molecule has 0 saturated carbocycles. The summed E-state index contributed by atoms with van der Waals surface area (Å²) in [6, 6.07) is 71.5. The summed E-state index contributed by atoms with van der Waals surface area (Å²) in [6.45, 7) is 0. The van der Waals surface area contributed by atoms with E-state index in [1.165, 1.54) is 71.9 Å². The van der Waals surface area contributed by atoms with Gasteiger partial charge in [0.2, 0.25) is 0 Å². The van der Waals surface area contributed by atoms with E-state index in [4.69, 9.17) is 0 Å². The minimum Gasteiger partial charge on any atom is -0.301 e. The third-order valence-corrected chi connectivity index (χ3v) is 11.1. The maximum absolute atomic E-state index is 3.61. The molecule has 0 radical (unpaired) electrons. The summed E-state index contributed by atoms with van der Waals surface area (Å²) in [7, 11) is 0. The zero-order valence-electron chi connectivity index (χ0n) is 27.2. The summed E-state index contributed by atoms with van der Waals surface area (Å²) in [5.74, 6) is 0. The van der Waals surface area contributed by atoms with E-state index < -0.39 is 5.41 Å². The van der Waals surface area contributed by atoms with Gasteiger partial charge in [0.25, 0.3) is 0 Å². The Bertz CT molecular complexity index is 2740. The van der Waals surface area contributed by atoms with Crippen LogP contribution in [0, 0.1) is 12.1 Å². The van der Waals surface area contributed by atoms with Crippen molar-refractivity contribution >= 4 is 21.8 Å². The number of benzene rings is 7. The van der Waals surface area contributed by atoms with Crippen LogP contribution in [0.15, 0.2) is 176 Å². The number of hydrogen-bond donors (Lipinski definition) is 0. The van der Waals surface area contributed by atoms with Gasteiger partial charge in [-0.3, -0.25) is 0 Å². The van der Waals surface area contributed by atoms with E-state index in [-0.39, 0.29) is 0 Å². The average Bonchev–Trinajstić information content (AvgIpc) is 3.80. The molecule has 1 spiro atoms. The van der Waals surface area contributed by atoms with E-state index in [0.29, 0.717) is 0 Å². The zero-order valence-corrected chi connectivity index (χ0v) is 27.2. The topological polar surface area (TPSA) is 4.93 Å². The first-order valence-corrected chi connectivity index (χ1v) is 17.3. The molecule has 0 N–H and O–H groups in total. The molecule has 11 rings (SSSR count). The fourth-order valence-corrected chi connectivity index (χ4v) is 9.04. The van der Waals surface area contributed by atoms with Crippen molar-refractivity contribution in [2.24, 2.45) is 0 Å². The molecule has 1 heteroatoms. The van der Waals surface area contributed by atoms with Crippen LogP contribution in [-0.2, 0) is 5.41 Å². The van der Waals surface area contributed by atoms with Crippen LogP contribution in [0.25, 0.3) is 72.0 Å². The van der Waals surface area contributed by atoms with Crippen molar-refractivity contribution in [2.45, 2.75) is 5.41 Å². The minimum absolute atomic E-state index is 0.406. The highest BCUT2D eigenvalue weighted by molar-refractivity contribution is 6.17. The summed E-state index contributed by atoms with van der Waals surface area (Å²) in [4.78, 5) is 0. The van der Waals surface area contributed by atoms with Crippen molar-refractivity contribution in [1.82, 2.24) is 4.57 Å². The molecular weight excluding hydrogens is 603 g/mol. The molecule has 0 atom stereocenters. The van der Waals surface area contributed by atoms with Crippen molar-refractivity contribution in [3.63, 3.8) is 0 Å². The SMILES string of the molecule is c1c(-c2ccccc2)ccc(-n2c3ccc(-c4ccccc4)cc3c3ccc4c(c32)-c2ccccc2C42c3ccccc3-c3ccccc32)c#1. The lowest BCUT2D eigenvalue weighted by molar-refractivity contribution is 0.794. The number of hydrogen-bond acceptors (Lipinski definition) is 0. The van der Waals surface area contributed by atoms with Gasteiger partial charge < -0.3 is 4.57 Å². The highest BCUT2D eigenvalue weighted by Gasteiger charge is 2.52. The molecule has 9 aromatic rings. The number of aromatic nitrogens is 1. The molecule has 0 aliphatic heterocycles. The molecule has 0 unspecified atom stereocenters. The fourth-order valence-electron chi connectivity index (χ4n) is 9.04. The Morgan fingerprint density at radius 1 is 0.400 bits per heavy atom. The molecule has 0 amide bonds. The van der Waals surface area contributed by atoms with E-state index in [1.54, 1.807) is 0 Å². The maximum Gasteiger partial charge on any atom is 0.0974 e. The fraction of sp³-hybridized carbons (Fsp3) is 0.0204. The minimum atomic E-state index is -0.406. The van der Waals surface area contributed by atoms with Crippen LogP contribution in [-0.4, -0.2) is 4.57 Å². The molecule has 50 heavy (non-hydrogen) atoms. The average molecular weight is 632 g/mol. The van der Waals surface area contributed by atoms with Crippen LogP contribution in [0.2, 0.25) is 0 Å². The Labute approximate surface area is 291 Å². The van der Waals surface area contributed by atoms with Crippen LogP contribution in [0.3, 0.4) is 0 Å². The van der Waals surface area contributed by atoms with Gasteiger partial charge in [0.05, 0.1) is 22.1 Å². The third-order valence-electron chi connectivity index (χ3n) is 11.1. The molecule has 0 bridgehead atoms.